The summed E-state index contributed by atoms with van der Waals surface area (Å²) in [7, 11) is 0. The first-order chi connectivity index (χ1) is 10.1. The van der Waals surface area contributed by atoms with E-state index in [1.54, 1.807) is 0 Å². The smallest absolute Gasteiger partial charge is 0.272 e. The lowest BCUT2D eigenvalue weighted by molar-refractivity contribution is -0.385. The Kier molecular flexibility index (Phi) is 5.16. The predicted octanol–water partition coefficient (Wildman–Crippen LogP) is 3.83. The highest BCUT2D eigenvalue weighted by Gasteiger charge is 2.14. The molecule has 0 fully saturated rings. The monoisotopic (exact) mass is 307 g/mol. The van der Waals surface area contributed by atoms with Crippen molar-refractivity contribution in [1.29, 1.82) is 0 Å². The van der Waals surface area contributed by atoms with Crippen LogP contribution in [0.4, 0.5) is 10.1 Å². The van der Waals surface area contributed by atoms with E-state index < -0.39 is 10.7 Å². The van der Waals surface area contributed by atoms with Gasteiger partial charge in [-0.3, -0.25) is 10.1 Å². The van der Waals surface area contributed by atoms with Crippen LogP contribution in [0.25, 0.3) is 0 Å². The van der Waals surface area contributed by atoms with Gasteiger partial charge < -0.3 is 4.74 Å². The van der Waals surface area contributed by atoms with Crippen LogP contribution in [0.2, 0.25) is 0 Å². The molecule has 0 saturated heterocycles. The van der Waals surface area contributed by atoms with Crippen molar-refractivity contribution >= 4 is 18.3 Å². The first-order valence-electron chi connectivity index (χ1n) is 6.34. The molecule has 2 rings (SSSR count). The Labute approximate surface area is 127 Å². The molecular weight excluding hydrogens is 293 g/mol. The summed E-state index contributed by atoms with van der Waals surface area (Å²) in [4.78, 5) is 9.90. The number of thiol groups is 1. The SMILES string of the molecule is O=[N+]([O-])c1ccc(OCC(CS)c2ccccc2)c(F)c1. The number of benzene rings is 2. The van der Waals surface area contributed by atoms with Gasteiger partial charge in [-0.15, -0.1) is 0 Å². The molecule has 0 aliphatic carbocycles. The highest BCUT2D eigenvalue weighted by atomic mass is 32.1. The molecule has 0 aromatic heterocycles. The van der Waals surface area contributed by atoms with E-state index in [4.69, 9.17) is 4.74 Å². The number of hydrogen-bond acceptors (Lipinski definition) is 4. The van der Waals surface area contributed by atoms with E-state index in [-0.39, 0.29) is 24.0 Å². The molecule has 110 valence electrons. The number of nitro groups is 1. The molecule has 0 N–H and O–H groups in total. The average molecular weight is 307 g/mol. The highest BCUT2D eigenvalue weighted by Crippen LogP contribution is 2.25. The number of rotatable bonds is 6. The van der Waals surface area contributed by atoms with Crippen LogP contribution < -0.4 is 4.74 Å². The molecule has 6 heteroatoms. The summed E-state index contributed by atoms with van der Waals surface area (Å²) < 4.78 is 19.2. The van der Waals surface area contributed by atoms with Crippen molar-refractivity contribution in [3.8, 4) is 5.75 Å². The molecule has 0 aliphatic heterocycles. The number of nitro benzene ring substituents is 1. The molecule has 21 heavy (non-hydrogen) atoms. The molecule has 0 amide bonds. The summed E-state index contributed by atoms with van der Waals surface area (Å²) in [6.45, 7) is 0.252. The van der Waals surface area contributed by atoms with Crippen LogP contribution >= 0.6 is 12.6 Å². The third kappa shape index (κ3) is 3.95. The van der Waals surface area contributed by atoms with Gasteiger partial charge in [0.15, 0.2) is 11.6 Å². The summed E-state index contributed by atoms with van der Waals surface area (Å²) in [5.41, 5.74) is 0.753. The number of ether oxygens (including phenoxy) is 1. The molecule has 0 bridgehead atoms. The van der Waals surface area contributed by atoms with Gasteiger partial charge in [0.25, 0.3) is 5.69 Å². The van der Waals surface area contributed by atoms with E-state index >= 15 is 0 Å². The molecule has 0 aliphatic rings. The van der Waals surface area contributed by atoms with Gasteiger partial charge in [-0.2, -0.15) is 12.6 Å². The molecule has 0 spiro atoms. The Morgan fingerprint density at radius 2 is 1.95 bits per heavy atom. The van der Waals surface area contributed by atoms with Crippen molar-refractivity contribution in [1.82, 2.24) is 0 Å². The lowest BCUT2D eigenvalue weighted by Crippen LogP contribution is -2.12. The van der Waals surface area contributed by atoms with Gasteiger partial charge in [-0.1, -0.05) is 30.3 Å². The first kappa shape index (κ1) is 15.3. The fraction of sp³-hybridized carbons (Fsp3) is 0.200. The van der Waals surface area contributed by atoms with Crippen LogP contribution in [0.1, 0.15) is 11.5 Å². The molecule has 0 heterocycles. The predicted molar refractivity (Wildman–Crippen MR) is 81.6 cm³/mol. The van der Waals surface area contributed by atoms with Gasteiger partial charge in [0.1, 0.15) is 0 Å². The minimum Gasteiger partial charge on any atom is -0.490 e. The zero-order chi connectivity index (χ0) is 15.2. The average Bonchev–Trinajstić information content (AvgIpc) is 2.50. The minimum absolute atomic E-state index is 0.00307. The maximum absolute atomic E-state index is 13.7. The van der Waals surface area contributed by atoms with E-state index in [1.165, 1.54) is 12.1 Å². The highest BCUT2D eigenvalue weighted by molar-refractivity contribution is 7.80. The van der Waals surface area contributed by atoms with Gasteiger partial charge in [0.05, 0.1) is 17.6 Å². The zero-order valence-corrected chi connectivity index (χ0v) is 12.0. The maximum Gasteiger partial charge on any atom is 0.272 e. The van der Waals surface area contributed by atoms with Crippen LogP contribution in [0.15, 0.2) is 48.5 Å². The molecule has 1 atom stereocenters. The Morgan fingerprint density at radius 3 is 2.52 bits per heavy atom. The standard InChI is InChI=1S/C15H14FNO3S/c16-14-8-13(17(18)19)6-7-15(14)20-9-12(10-21)11-4-2-1-3-5-11/h1-8,12,21H,9-10H2. The van der Waals surface area contributed by atoms with E-state index in [9.17, 15) is 14.5 Å². The van der Waals surface area contributed by atoms with E-state index in [2.05, 4.69) is 12.6 Å². The molecule has 1 unspecified atom stereocenters. The fourth-order valence-electron chi connectivity index (χ4n) is 1.89. The Hall–Kier alpha value is -2.08. The second-order valence-corrected chi connectivity index (χ2v) is 4.84. The van der Waals surface area contributed by atoms with Crippen molar-refractivity contribution < 1.29 is 14.1 Å². The van der Waals surface area contributed by atoms with Crippen LogP contribution in [0.3, 0.4) is 0 Å². The Morgan fingerprint density at radius 1 is 1.24 bits per heavy atom. The first-order valence-corrected chi connectivity index (χ1v) is 6.97. The third-order valence-corrected chi connectivity index (χ3v) is 3.50. The van der Waals surface area contributed by atoms with Crippen molar-refractivity contribution in [3.05, 3.63) is 70.0 Å². The van der Waals surface area contributed by atoms with Crippen LogP contribution in [-0.4, -0.2) is 17.3 Å². The summed E-state index contributed by atoms with van der Waals surface area (Å²) >= 11 is 4.28. The van der Waals surface area contributed by atoms with E-state index in [0.717, 1.165) is 11.6 Å². The molecule has 2 aromatic carbocycles. The van der Waals surface area contributed by atoms with Gasteiger partial charge in [0.2, 0.25) is 0 Å². The second-order valence-electron chi connectivity index (χ2n) is 4.47. The number of hydrogen-bond donors (Lipinski definition) is 1. The number of non-ortho nitro benzene ring substituents is 1. The van der Waals surface area contributed by atoms with Crippen LogP contribution in [-0.2, 0) is 0 Å². The van der Waals surface area contributed by atoms with Crippen molar-refractivity contribution in [2.24, 2.45) is 0 Å². The zero-order valence-electron chi connectivity index (χ0n) is 11.1. The van der Waals surface area contributed by atoms with E-state index in [0.29, 0.717) is 5.75 Å². The van der Waals surface area contributed by atoms with Gasteiger partial charge in [-0.05, 0) is 11.6 Å². The third-order valence-electron chi connectivity index (χ3n) is 3.06. The van der Waals surface area contributed by atoms with E-state index in [1.807, 2.05) is 30.3 Å². The lowest BCUT2D eigenvalue weighted by atomic mass is 10.0. The quantitative estimate of drug-likeness (QED) is 0.501. The summed E-state index contributed by atoms with van der Waals surface area (Å²) in [5.74, 6) is -0.166. The normalized spacial score (nSPS) is 11.9. The second kappa shape index (κ2) is 7.08. The maximum atomic E-state index is 13.7. The van der Waals surface area contributed by atoms with Crippen molar-refractivity contribution in [3.63, 3.8) is 0 Å². The molecule has 4 nitrogen and oxygen atoms in total. The molecular formula is C15H14FNO3S. The Balaban J connectivity index is 2.07. The van der Waals surface area contributed by atoms with Crippen molar-refractivity contribution in [2.45, 2.75) is 5.92 Å². The summed E-state index contributed by atoms with van der Waals surface area (Å²) in [6, 6.07) is 13.0. The minimum atomic E-state index is -0.741. The van der Waals surface area contributed by atoms with Gasteiger partial charge >= 0.3 is 0 Å². The largest absolute Gasteiger partial charge is 0.490 e. The topological polar surface area (TPSA) is 52.4 Å². The molecule has 0 radical (unpaired) electrons. The van der Waals surface area contributed by atoms with Gasteiger partial charge in [0, 0.05) is 17.7 Å². The van der Waals surface area contributed by atoms with Crippen molar-refractivity contribution in [2.75, 3.05) is 12.4 Å². The number of nitrogens with zero attached hydrogens (tertiary/aromatic N) is 1. The summed E-state index contributed by atoms with van der Waals surface area (Å²) in [6.07, 6.45) is 0. The Bertz CT molecular complexity index is 622. The molecule has 0 saturated carbocycles. The number of halogens is 1. The summed E-state index contributed by atoms with van der Waals surface area (Å²) in [5, 5.41) is 10.5. The molecule has 2 aromatic rings. The van der Waals surface area contributed by atoms with Crippen LogP contribution in [0, 0.1) is 15.9 Å². The fourth-order valence-corrected chi connectivity index (χ4v) is 2.21. The van der Waals surface area contributed by atoms with Gasteiger partial charge in [-0.25, -0.2) is 4.39 Å². The lowest BCUT2D eigenvalue weighted by Gasteiger charge is -2.16. The van der Waals surface area contributed by atoms with Crippen LogP contribution in [0.5, 0.6) is 5.75 Å².